The molecule has 0 aromatic heterocycles. The molecule has 2 amide bonds. The molecule has 0 aromatic rings. The van der Waals surface area contributed by atoms with E-state index >= 15 is 0 Å². The summed E-state index contributed by atoms with van der Waals surface area (Å²) < 4.78 is 0. The quantitative estimate of drug-likeness (QED) is 0.794. The molecule has 4 rings (SSSR count). The van der Waals surface area contributed by atoms with E-state index < -0.39 is 0 Å². The van der Waals surface area contributed by atoms with Gasteiger partial charge in [-0.3, -0.25) is 9.59 Å². The van der Waals surface area contributed by atoms with Crippen molar-refractivity contribution in [3.05, 3.63) is 0 Å². The van der Waals surface area contributed by atoms with E-state index in [0.29, 0.717) is 19.0 Å². The molecular formula is C20H32N2O2. The highest BCUT2D eigenvalue weighted by molar-refractivity contribution is 5.89. The smallest absolute Gasteiger partial charge is 0.228 e. The first kappa shape index (κ1) is 16.4. The van der Waals surface area contributed by atoms with Crippen molar-refractivity contribution in [1.82, 2.24) is 9.80 Å². The molecule has 2 saturated carbocycles. The van der Waals surface area contributed by atoms with Crippen molar-refractivity contribution in [3.63, 3.8) is 0 Å². The fraction of sp³-hybridized carbons (Fsp3) is 0.900. The molecule has 24 heavy (non-hydrogen) atoms. The van der Waals surface area contributed by atoms with Crippen molar-refractivity contribution >= 4 is 11.8 Å². The lowest BCUT2D eigenvalue weighted by molar-refractivity contribution is -0.137. The molecule has 4 nitrogen and oxygen atoms in total. The molecule has 0 N–H and O–H groups in total. The second-order valence-electron chi connectivity index (χ2n) is 9.04. The van der Waals surface area contributed by atoms with Crippen LogP contribution in [-0.2, 0) is 9.59 Å². The van der Waals surface area contributed by atoms with Crippen molar-refractivity contribution in [2.75, 3.05) is 13.1 Å². The van der Waals surface area contributed by atoms with Gasteiger partial charge in [0.2, 0.25) is 11.8 Å². The predicted molar refractivity (Wildman–Crippen MR) is 93.2 cm³/mol. The number of nitrogens with zero attached hydrogens (tertiary/aromatic N) is 2. The van der Waals surface area contributed by atoms with Crippen LogP contribution in [-0.4, -0.2) is 46.8 Å². The number of amides is 2. The molecule has 2 heterocycles. The van der Waals surface area contributed by atoms with Gasteiger partial charge in [-0.2, -0.15) is 0 Å². The first-order chi connectivity index (χ1) is 11.5. The van der Waals surface area contributed by atoms with Crippen LogP contribution < -0.4 is 0 Å². The lowest BCUT2D eigenvalue weighted by Crippen LogP contribution is -2.42. The van der Waals surface area contributed by atoms with Crippen LogP contribution >= 0.6 is 0 Å². The maximum absolute atomic E-state index is 13.1. The van der Waals surface area contributed by atoms with Crippen molar-refractivity contribution in [2.24, 2.45) is 23.7 Å². The molecule has 4 heteroatoms. The molecule has 0 radical (unpaired) electrons. The molecule has 2 aliphatic carbocycles. The maximum Gasteiger partial charge on any atom is 0.228 e. The van der Waals surface area contributed by atoms with Gasteiger partial charge in [0, 0.05) is 31.6 Å². The largest absolute Gasteiger partial charge is 0.339 e. The lowest BCUT2D eigenvalue weighted by atomic mass is 9.83. The minimum Gasteiger partial charge on any atom is -0.339 e. The number of carbonyl (C=O) groups excluding carboxylic acids is 2. The van der Waals surface area contributed by atoms with E-state index in [1.165, 1.54) is 38.5 Å². The Bertz CT molecular complexity index is 518. The summed E-state index contributed by atoms with van der Waals surface area (Å²) in [5.74, 6) is 3.11. The van der Waals surface area contributed by atoms with Crippen LogP contribution in [0.15, 0.2) is 0 Å². The van der Waals surface area contributed by atoms with Gasteiger partial charge in [0.15, 0.2) is 0 Å². The van der Waals surface area contributed by atoms with Gasteiger partial charge in [-0.15, -0.1) is 0 Å². The highest BCUT2D eigenvalue weighted by atomic mass is 16.2. The van der Waals surface area contributed by atoms with Gasteiger partial charge < -0.3 is 9.80 Å². The van der Waals surface area contributed by atoms with Gasteiger partial charge in [-0.1, -0.05) is 6.42 Å². The Hall–Kier alpha value is -1.06. The molecule has 0 spiro atoms. The Balaban J connectivity index is 1.38. The number of carbonyl (C=O) groups is 2. The summed E-state index contributed by atoms with van der Waals surface area (Å²) >= 11 is 0. The van der Waals surface area contributed by atoms with Gasteiger partial charge in [0.25, 0.3) is 0 Å². The number of rotatable bonds is 4. The van der Waals surface area contributed by atoms with Gasteiger partial charge >= 0.3 is 0 Å². The summed E-state index contributed by atoms with van der Waals surface area (Å²) in [4.78, 5) is 29.2. The van der Waals surface area contributed by atoms with Crippen molar-refractivity contribution in [1.29, 1.82) is 0 Å². The van der Waals surface area contributed by atoms with Gasteiger partial charge in [0.05, 0.1) is 5.92 Å². The summed E-state index contributed by atoms with van der Waals surface area (Å²) in [5, 5.41) is 0. The zero-order valence-corrected chi connectivity index (χ0v) is 15.2. The predicted octanol–water partition coefficient (Wildman–Crippen LogP) is 3.06. The van der Waals surface area contributed by atoms with Gasteiger partial charge in [-0.05, 0) is 70.1 Å². The third-order valence-electron chi connectivity index (χ3n) is 7.25. The van der Waals surface area contributed by atoms with Crippen LogP contribution in [0.2, 0.25) is 0 Å². The van der Waals surface area contributed by atoms with Crippen LogP contribution in [0.25, 0.3) is 0 Å². The lowest BCUT2D eigenvalue weighted by Gasteiger charge is -2.32. The Labute approximate surface area is 145 Å². The molecular weight excluding hydrogens is 300 g/mol. The van der Waals surface area contributed by atoms with Crippen molar-refractivity contribution in [2.45, 2.75) is 77.3 Å². The van der Waals surface area contributed by atoms with E-state index in [-0.39, 0.29) is 23.8 Å². The molecule has 2 aliphatic heterocycles. The third-order valence-corrected chi connectivity index (χ3v) is 7.25. The molecule has 2 saturated heterocycles. The van der Waals surface area contributed by atoms with Crippen LogP contribution in [0.4, 0.5) is 0 Å². The van der Waals surface area contributed by atoms with Gasteiger partial charge in [-0.25, -0.2) is 0 Å². The zero-order chi connectivity index (χ0) is 16.8. The van der Waals surface area contributed by atoms with E-state index in [1.54, 1.807) is 0 Å². The molecule has 0 unspecified atom stereocenters. The summed E-state index contributed by atoms with van der Waals surface area (Å²) in [6.07, 6.45) is 9.70. The third kappa shape index (κ3) is 2.86. The first-order valence-corrected chi connectivity index (χ1v) is 10.1. The Morgan fingerprint density at radius 1 is 1.21 bits per heavy atom. The Morgan fingerprint density at radius 2 is 2.04 bits per heavy atom. The summed E-state index contributed by atoms with van der Waals surface area (Å²) in [6, 6.07) is 0.656. The van der Waals surface area contributed by atoms with Crippen LogP contribution in [0.1, 0.15) is 65.2 Å². The average Bonchev–Trinajstić information content (AvgIpc) is 3.29. The average molecular weight is 332 g/mol. The maximum atomic E-state index is 13.1. The van der Waals surface area contributed by atoms with Gasteiger partial charge in [0.1, 0.15) is 0 Å². The first-order valence-electron chi connectivity index (χ1n) is 10.1. The molecule has 0 aromatic carbocycles. The molecule has 134 valence electrons. The Morgan fingerprint density at radius 3 is 2.67 bits per heavy atom. The standard InChI is InChI=1S/C20H32N2O2/c1-13(2)22-12-17(11-19(22)23)20(24)21-7-3-4-18(21)10-16-9-14-5-6-15(16)8-14/h13-18H,3-12H2,1-2H3/t14-,15-,16+,17+,18+/m0/s1. The summed E-state index contributed by atoms with van der Waals surface area (Å²) in [7, 11) is 0. The topological polar surface area (TPSA) is 40.6 Å². The summed E-state index contributed by atoms with van der Waals surface area (Å²) in [6.45, 7) is 5.63. The van der Waals surface area contributed by atoms with Crippen LogP contribution in [0, 0.1) is 23.7 Å². The van der Waals surface area contributed by atoms with Crippen molar-refractivity contribution in [3.8, 4) is 0 Å². The van der Waals surface area contributed by atoms with Crippen molar-refractivity contribution < 1.29 is 9.59 Å². The van der Waals surface area contributed by atoms with E-state index in [9.17, 15) is 9.59 Å². The van der Waals surface area contributed by atoms with Crippen LogP contribution in [0.3, 0.4) is 0 Å². The second-order valence-corrected chi connectivity index (χ2v) is 9.04. The number of fused-ring (bicyclic) bond motifs is 2. The number of likely N-dealkylation sites (tertiary alicyclic amines) is 2. The van der Waals surface area contributed by atoms with E-state index in [0.717, 1.165) is 30.7 Å². The fourth-order valence-electron chi connectivity index (χ4n) is 6.02. The Kier molecular flexibility index (Phi) is 4.34. The van der Waals surface area contributed by atoms with E-state index in [2.05, 4.69) is 4.90 Å². The highest BCUT2D eigenvalue weighted by Gasteiger charge is 2.44. The number of hydrogen-bond acceptors (Lipinski definition) is 2. The monoisotopic (exact) mass is 332 g/mol. The highest BCUT2D eigenvalue weighted by Crippen LogP contribution is 2.50. The normalized spacial score (nSPS) is 38.8. The minimum atomic E-state index is -0.0967. The minimum absolute atomic E-state index is 0.0967. The fourth-order valence-corrected chi connectivity index (χ4v) is 6.02. The van der Waals surface area contributed by atoms with E-state index in [1.807, 2.05) is 18.7 Å². The summed E-state index contributed by atoms with van der Waals surface area (Å²) in [5.41, 5.74) is 0. The van der Waals surface area contributed by atoms with Crippen LogP contribution in [0.5, 0.6) is 0 Å². The SMILES string of the molecule is CC(C)N1C[C@H](C(=O)N2CCC[C@@H]2C[C@H]2C[C@H]3CC[C@H]2C3)CC1=O. The number of hydrogen-bond donors (Lipinski definition) is 0. The van der Waals surface area contributed by atoms with E-state index in [4.69, 9.17) is 0 Å². The molecule has 2 bridgehead atoms. The molecule has 4 fully saturated rings. The second kappa shape index (κ2) is 6.34. The zero-order valence-electron chi connectivity index (χ0n) is 15.2. The molecule has 5 atom stereocenters. The molecule has 4 aliphatic rings.